The lowest BCUT2D eigenvalue weighted by atomic mass is 9.95. The van der Waals surface area contributed by atoms with Crippen LogP contribution in [-0.2, 0) is 13.1 Å². The van der Waals surface area contributed by atoms with Gasteiger partial charge in [-0.25, -0.2) is 14.4 Å². The largest absolute Gasteiger partial charge is 0.369 e. The lowest BCUT2D eigenvalue weighted by Crippen LogP contribution is -2.46. The molecule has 1 N–H and O–H groups in total. The fourth-order valence-electron chi connectivity index (χ4n) is 4.64. The van der Waals surface area contributed by atoms with Gasteiger partial charge in [-0.15, -0.1) is 0 Å². The Morgan fingerprint density at radius 1 is 1.21 bits per heavy atom. The molecule has 0 radical (unpaired) electrons. The minimum absolute atomic E-state index is 0.400. The van der Waals surface area contributed by atoms with E-state index in [9.17, 15) is 4.39 Å². The van der Waals surface area contributed by atoms with Gasteiger partial charge in [-0.1, -0.05) is 19.7 Å². The first kappa shape index (κ1) is 22.9. The third kappa shape index (κ3) is 5.37. The summed E-state index contributed by atoms with van der Waals surface area (Å²) in [6.07, 6.45) is 8.65. The number of fused-ring (bicyclic) bond motifs is 1. The topological polar surface area (TPSA) is 57.2 Å². The summed E-state index contributed by atoms with van der Waals surface area (Å²) in [5.41, 5.74) is 5.92. The van der Waals surface area contributed by atoms with Gasteiger partial charge < -0.3 is 10.2 Å². The second kappa shape index (κ2) is 9.67. The highest BCUT2D eigenvalue weighted by atomic mass is 19.1. The number of likely N-dealkylation sites (tertiary alicyclic amines) is 1. The first-order valence-corrected chi connectivity index (χ1v) is 11.3. The van der Waals surface area contributed by atoms with Crippen LogP contribution < -0.4 is 5.32 Å². The Labute approximate surface area is 195 Å². The summed E-state index contributed by atoms with van der Waals surface area (Å²) < 4.78 is 12.8. The molecule has 0 unspecified atom stereocenters. The minimum Gasteiger partial charge on any atom is -0.369 e. The van der Waals surface area contributed by atoms with Crippen molar-refractivity contribution in [2.24, 2.45) is 0 Å². The number of aryl methyl sites for hydroxylation is 1. The van der Waals surface area contributed by atoms with Gasteiger partial charge in [0.1, 0.15) is 5.83 Å². The molecule has 33 heavy (non-hydrogen) atoms. The molecule has 0 aliphatic carbocycles. The van der Waals surface area contributed by atoms with E-state index in [1.54, 1.807) is 0 Å². The Bertz CT molecular complexity index is 1110. The quantitative estimate of drug-likeness (QED) is 0.605. The third-order valence-electron chi connectivity index (χ3n) is 6.36. The van der Waals surface area contributed by atoms with Crippen LogP contribution in [0.4, 0.5) is 10.3 Å². The summed E-state index contributed by atoms with van der Waals surface area (Å²) in [7, 11) is 0. The summed E-state index contributed by atoms with van der Waals surface area (Å²) in [6.45, 7) is 18.4. The van der Waals surface area contributed by atoms with Crippen molar-refractivity contribution in [3.8, 4) is 0 Å². The van der Waals surface area contributed by atoms with Gasteiger partial charge in [-0.05, 0) is 51.0 Å². The number of hydrogen-bond donors (Lipinski definition) is 1. The molecular formula is C26H31FN6. The average molecular weight is 447 g/mol. The molecule has 0 spiro atoms. The summed E-state index contributed by atoms with van der Waals surface area (Å²) in [4.78, 5) is 18.3. The fraction of sp³-hybridized carbons (Fsp3) is 0.346. The van der Waals surface area contributed by atoms with Crippen LogP contribution >= 0.6 is 0 Å². The molecule has 2 aromatic heterocycles. The van der Waals surface area contributed by atoms with Crippen LogP contribution in [0, 0.1) is 6.92 Å². The summed E-state index contributed by atoms with van der Waals surface area (Å²) in [5, 5.41) is 3.02. The maximum atomic E-state index is 12.8. The molecule has 2 aliphatic rings. The number of allylic oxidation sites excluding steroid dienone is 3. The molecule has 0 saturated carbocycles. The second-order valence-corrected chi connectivity index (χ2v) is 8.85. The normalized spacial score (nSPS) is 20.6. The highest BCUT2D eigenvalue weighted by Gasteiger charge is 2.33. The van der Waals surface area contributed by atoms with E-state index in [-0.39, 0.29) is 0 Å². The molecule has 2 aromatic rings. The van der Waals surface area contributed by atoms with Gasteiger partial charge in [0.25, 0.3) is 0 Å². The van der Waals surface area contributed by atoms with Gasteiger partial charge in [0, 0.05) is 72.3 Å². The number of anilines is 1. The van der Waals surface area contributed by atoms with Crippen LogP contribution in [0.5, 0.6) is 0 Å². The second-order valence-electron chi connectivity index (χ2n) is 8.85. The first-order valence-electron chi connectivity index (χ1n) is 11.3. The van der Waals surface area contributed by atoms with E-state index < -0.39 is 5.83 Å². The molecule has 172 valence electrons. The Morgan fingerprint density at radius 2 is 2.03 bits per heavy atom. The molecule has 6 nitrogen and oxygen atoms in total. The van der Waals surface area contributed by atoms with Crippen LogP contribution in [0.2, 0.25) is 0 Å². The van der Waals surface area contributed by atoms with Gasteiger partial charge in [0.05, 0.1) is 5.69 Å². The third-order valence-corrected chi connectivity index (χ3v) is 6.36. The maximum absolute atomic E-state index is 12.8. The van der Waals surface area contributed by atoms with E-state index >= 15 is 0 Å². The van der Waals surface area contributed by atoms with E-state index in [0.29, 0.717) is 23.7 Å². The standard InChI is InChI=1S/C26H31FN6/c1-17(27)6-7-18(2)30-26-29-14-23-15-32(16-25(23)31-26)24-9-11-33(20(4)13-24)21(5)22-8-10-28-19(3)12-22/h6-8,10,12,14,20,24H,1-2,5,9,11,13,15-16H2,3-4H3,(H,29,30,31)/b7-6-/t20-,24+/m1/s1. The SMILES string of the molecule is C=C(F)/C=C\C(=C)Nc1ncc2c(n1)CN([C@H]1CCN(C(=C)c3ccnc(C)c3)[C@H](C)C1)C2. The van der Waals surface area contributed by atoms with Crippen molar-refractivity contribution in [2.75, 3.05) is 11.9 Å². The van der Waals surface area contributed by atoms with Gasteiger partial charge in [0.15, 0.2) is 0 Å². The van der Waals surface area contributed by atoms with E-state index in [4.69, 9.17) is 0 Å². The molecule has 0 amide bonds. The zero-order valence-electron chi connectivity index (χ0n) is 19.4. The number of nitrogens with zero attached hydrogens (tertiary/aromatic N) is 5. The van der Waals surface area contributed by atoms with Gasteiger partial charge in [-0.2, -0.15) is 0 Å². The van der Waals surface area contributed by atoms with Crippen LogP contribution in [-0.4, -0.2) is 43.4 Å². The lowest BCUT2D eigenvalue weighted by Gasteiger charge is -2.43. The summed E-state index contributed by atoms with van der Waals surface area (Å²) >= 11 is 0. The summed E-state index contributed by atoms with van der Waals surface area (Å²) in [5.74, 6) is -0.0509. The molecule has 7 heteroatoms. The van der Waals surface area contributed by atoms with Gasteiger partial charge in [-0.3, -0.25) is 9.88 Å². The monoisotopic (exact) mass is 446 g/mol. The first-order chi connectivity index (χ1) is 15.8. The number of hydrogen-bond acceptors (Lipinski definition) is 6. The Morgan fingerprint density at radius 3 is 2.76 bits per heavy atom. The molecule has 0 aromatic carbocycles. The van der Waals surface area contributed by atoms with Crippen molar-refractivity contribution in [2.45, 2.75) is 51.9 Å². The minimum atomic E-state index is -0.525. The van der Waals surface area contributed by atoms with Crippen molar-refractivity contribution >= 4 is 11.6 Å². The lowest BCUT2D eigenvalue weighted by molar-refractivity contribution is 0.102. The molecule has 4 rings (SSSR count). The number of rotatable bonds is 7. The van der Waals surface area contributed by atoms with Crippen molar-refractivity contribution in [3.05, 3.63) is 90.5 Å². The Hall–Kier alpha value is -3.32. The zero-order chi connectivity index (χ0) is 23.5. The molecule has 2 atom stereocenters. The van der Waals surface area contributed by atoms with E-state index in [0.717, 1.165) is 60.7 Å². The van der Waals surface area contributed by atoms with Crippen LogP contribution in [0.1, 0.15) is 42.3 Å². The van der Waals surface area contributed by atoms with Crippen molar-refractivity contribution in [1.82, 2.24) is 24.8 Å². The number of nitrogens with one attached hydrogen (secondary N) is 1. The molecule has 4 heterocycles. The fourth-order valence-corrected chi connectivity index (χ4v) is 4.64. The Balaban J connectivity index is 1.36. The average Bonchev–Trinajstić information content (AvgIpc) is 3.20. The van der Waals surface area contributed by atoms with E-state index in [1.165, 1.54) is 12.2 Å². The van der Waals surface area contributed by atoms with E-state index in [2.05, 4.69) is 62.8 Å². The van der Waals surface area contributed by atoms with Crippen molar-refractivity contribution in [3.63, 3.8) is 0 Å². The molecule has 0 bridgehead atoms. The number of aromatic nitrogens is 3. The molecule has 2 aliphatic heterocycles. The maximum Gasteiger partial charge on any atom is 0.227 e. The molecule has 1 saturated heterocycles. The molecule has 1 fully saturated rings. The number of halogens is 1. The number of piperidine rings is 1. The van der Waals surface area contributed by atoms with Crippen LogP contribution in [0.3, 0.4) is 0 Å². The molecular weight excluding hydrogens is 415 g/mol. The predicted octanol–water partition coefficient (Wildman–Crippen LogP) is 4.98. The van der Waals surface area contributed by atoms with Crippen LogP contribution in [0.15, 0.2) is 67.9 Å². The zero-order valence-corrected chi connectivity index (χ0v) is 19.4. The summed E-state index contributed by atoms with van der Waals surface area (Å²) in [6, 6.07) is 5.02. The van der Waals surface area contributed by atoms with Crippen molar-refractivity contribution < 1.29 is 4.39 Å². The van der Waals surface area contributed by atoms with Crippen molar-refractivity contribution in [1.29, 1.82) is 0 Å². The highest BCUT2D eigenvalue weighted by Crippen LogP contribution is 2.32. The van der Waals surface area contributed by atoms with Gasteiger partial charge in [0.2, 0.25) is 5.95 Å². The highest BCUT2D eigenvalue weighted by molar-refractivity contribution is 5.62. The van der Waals surface area contributed by atoms with Crippen LogP contribution in [0.25, 0.3) is 5.70 Å². The van der Waals surface area contributed by atoms with Gasteiger partial charge >= 0.3 is 0 Å². The Kier molecular flexibility index (Phi) is 6.70. The smallest absolute Gasteiger partial charge is 0.227 e. The van der Waals surface area contributed by atoms with E-state index in [1.807, 2.05) is 25.4 Å². The number of pyridine rings is 1. The predicted molar refractivity (Wildman–Crippen MR) is 131 cm³/mol.